The molecule has 1 heterocycles. The fourth-order valence-electron chi connectivity index (χ4n) is 3.36. The molecule has 0 spiro atoms. The van der Waals surface area contributed by atoms with Crippen LogP contribution in [0.1, 0.15) is 33.2 Å². The van der Waals surface area contributed by atoms with Crippen LogP contribution < -0.4 is 10.6 Å². The maximum absolute atomic E-state index is 13.8. The van der Waals surface area contributed by atoms with Gasteiger partial charge in [-0.15, -0.1) is 0 Å². The van der Waals surface area contributed by atoms with Crippen molar-refractivity contribution in [3.8, 4) is 0 Å². The number of hydrogen-bond donors (Lipinski definition) is 2. The van der Waals surface area contributed by atoms with Gasteiger partial charge in [-0.3, -0.25) is 14.4 Å². The number of rotatable bonds is 6. The first-order valence-electron chi connectivity index (χ1n) is 9.87. The van der Waals surface area contributed by atoms with Gasteiger partial charge in [0.1, 0.15) is 23.8 Å². The minimum atomic E-state index is -0.623. The van der Waals surface area contributed by atoms with E-state index in [1.165, 1.54) is 25.1 Å². The highest BCUT2D eigenvalue weighted by molar-refractivity contribution is 6.32. The molecule has 1 aliphatic heterocycles. The van der Waals surface area contributed by atoms with E-state index in [0.29, 0.717) is 16.9 Å². The number of benzene rings is 3. The Morgan fingerprint density at radius 2 is 1.41 bits per heavy atom. The first kappa shape index (κ1) is 21.0. The number of esters is 1. The van der Waals surface area contributed by atoms with E-state index in [0.717, 1.165) is 6.07 Å². The Morgan fingerprint density at radius 1 is 0.812 bits per heavy atom. The molecule has 0 radical (unpaired) electrons. The number of para-hydroxylation sites is 2. The van der Waals surface area contributed by atoms with Crippen LogP contribution in [0.2, 0.25) is 0 Å². The van der Waals surface area contributed by atoms with Crippen molar-refractivity contribution >= 4 is 28.9 Å². The number of anilines is 2. The van der Waals surface area contributed by atoms with Crippen LogP contribution in [0.3, 0.4) is 0 Å². The molecule has 0 aliphatic carbocycles. The highest BCUT2D eigenvalue weighted by Crippen LogP contribution is 2.32. The number of fused-ring (bicyclic) bond motifs is 1. The fraction of sp³-hybridized carbons (Fsp3) is 0.0800. The van der Waals surface area contributed by atoms with E-state index in [-0.39, 0.29) is 29.1 Å². The van der Waals surface area contributed by atoms with Gasteiger partial charge in [0, 0.05) is 18.1 Å². The third kappa shape index (κ3) is 4.41. The van der Waals surface area contributed by atoms with Crippen molar-refractivity contribution in [2.45, 2.75) is 13.5 Å². The summed E-state index contributed by atoms with van der Waals surface area (Å²) in [7, 11) is 0. The van der Waals surface area contributed by atoms with Crippen molar-refractivity contribution in [1.82, 2.24) is 0 Å². The van der Waals surface area contributed by atoms with Gasteiger partial charge in [0.05, 0.1) is 11.4 Å². The monoisotopic (exact) mass is 430 g/mol. The summed E-state index contributed by atoms with van der Waals surface area (Å²) in [5.41, 5.74) is 2.16. The van der Waals surface area contributed by atoms with Crippen LogP contribution in [-0.4, -0.2) is 17.5 Å². The SMILES string of the molecule is CC(=O)OCc1cccc(C(=O)C(C(=O)c2cccc(F)c2)=C2Nc3ccccc3N2)c1. The van der Waals surface area contributed by atoms with Crippen LogP contribution in [0.5, 0.6) is 0 Å². The van der Waals surface area contributed by atoms with Gasteiger partial charge < -0.3 is 15.4 Å². The van der Waals surface area contributed by atoms with Crippen molar-refractivity contribution in [3.05, 3.63) is 107 Å². The molecule has 4 rings (SSSR count). The Kier molecular flexibility index (Phi) is 5.81. The Morgan fingerprint density at radius 3 is 2.00 bits per heavy atom. The second-order valence-electron chi connectivity index (χ2n) is 7.19. The molecule has 32 heavy (non-hydrogen) atoms. The topological polar surface area (TPSA) is 84.5 Å². The zero-order valence-electron chi connectivity index (χ0n) is 17.1. The fourth-order valence-corrected chi connectivity index (χ4v) is 3.36. The van der Waals surface area contributed by atoms with Crippen LogP contribution in [-0.2, 0) is 16.1 Å². The Balaban J connectivity index is 1.76. The van der Waals surface area contributed by atoms with Gasteiger partial charge in [-0.1, -0.05) is 42.5 Å². The maximum atomic E-state index is 13.8. The summed E-state index contributed by atoms with van der Waals surface area (Å²) in [5.74, 6) is -1.97. The summed E-state index contributed by atoms with van der Waals surface area (Å²) in [6.45, 7) is 1.30. The summed E-state index contributed by atoms with van der Waals surface area (Å²) in [6, 6.07) is 18.9. The lowest BCUT2D eigenvalue weighted by atomic mass is 9.94. The van der Waals surface area contributed by atoms with Crippen LogP contribution in [0.4, 0.5) is 15.8 Å². The number of ketones is 2. The zero-order chi connectivity index (χ0) is 22.7. The van der Waals surface area contributed by atoms with Gasteiger partial charge in [-0.05, 0) is 35.9 Å². The van der Waals surface area contributed by atoms with E-state index in [1.807, 2.05) is 24.3 Å². The van der Waals surface area contributed by atoms with E-state index < -0.39 is 23.4 Å². The molecular weight excluding hydrogens is 411 g/mol. The molecule has 0 bridgehead atoms. The molecule has 6 nitrogen and oxygen atoms in total. The summed E-state index contributed by atoms with van der Waals surface area (Å²) in [5, 5.41) is 6.14. The summed E-state index contributed by atoms with van der Waals surface area (Å²) in [6.07, 6.45) is 0. The lowest BCUT2D eigenvalue weighted by molar-refractivity contribution is -0.142. The molecule has 0 amide bonds. The molecule has 0 aromatic heterocycles. The number of allylic oxidation sites excluding steroid dienone is 1. The molecule has 160 valence electrons. The van der Waals surface area contributed by atoms with Crippen molar-refractivity contribution in [2.24, 2.45) is 0 Å². The standard InChI is InChI=1S/C25H19FN2O4/c1-15(29)32-14-16-6-4-7-17(12-16)23(30)22(24(31)18-8-5-9-19(26)13-18)25-27-20-10-2-3-11-21(20)28-25/h2-13,27-28H,14H2,1H3. The molecule has 0 saturated carbocycles. The summed E-state index contributed by atoms with van der Waals surface area (Å²) < 4.78 is 18.8. The van der Waals surface area contributed by atoms with E-state index in [9.17, 15) is 18.8 Å². The minimum Gasteiger partial charge on any atom is -0.461 e. The lowest BCUT2D eigenvalue weighted by Gasteiger charge is -2.12. The summed E-state index contributed by atoms with van der Waals surface area (Å²) >= 11 is 0. The molecule has 0 atom stereocenters. The Bertz CT molecular complexity index is 1240. The third-order valence-electron chi connectivity index (χ3n) is 4.87. The smallest absolute Gasteiger partial charge is 0.302 e. The van der Waals surface area contributed by atoms with Crippen molar-refractivity contribution < 1.29 is 23.5 Å². The van der Waals surface area contributed by atoms with Crippen LogP contribution in [0, 0.1) is 5.82 Å². The number of hydrogen-bond acceptors (Lipinski definition) is 6. The zero-order valence-corrected chi connectivity index (χ0v) is 17.1. The molecule has 0 fully saturated rings. The molecule has 7 heteroatoms. The van der Waals surface area contributed by atoms with E-state index in [4.69, 9.17) is 4.74 Å². The van der Waals surface area contributed by atoms with Crippen molar-refractivity contribution in [3.63, 3.8) is 0 Å². The Hall–Kier alpha value is -4.26. The van der Waals surface area contributed by atoms with Crippen LogP contribution >= 0.6 is 0 Å². The normalized spacial score (nSPS) is 11.8. The number of Topliss-reactive ketones (excluding diaryl/α,β-unsaturated/α-hetero) is 2. The molecule has 0 saturated heterocycles. The number of nitrogens with one attached hydrogen (secondary N) is 2. The number of carbonyl (C=O) groups excluding carboxylic acids is 3. The van der Waals surface area contributed by atoms with Crippen LogP contribution in [0.25, 0.3) is 0 Å². The van der Waals surface area contributed by atoms with Crippen molar-refractivity contribution in [1.29, 1.82) is 0 Å². The largest absolute Gasteiger partial charge is 0.461 e. The van der Waals surface area contributed by atoms with E-state index >= 15 is 0 Å². The second-order valence-corrected chi connectivity index (χ2v) is 7.19. The predicted octanol–water partition coefficient (Wildman–Crippen LogP) is 4.70. The Labute approximate surface area is 183 Å². The first-order valence-corrected chi connectivity index (χ1v) is 9.87. The van der Waals surface area contributed by atoms with Gasteiger partial charge in [0.2, 0.25) is 11.6 Å². The van der Waals surface area contributed by atoms with Crippen LogP contribution in [0.15, 0.2) is 84.2 Å². The van der Waals surface area contributed by atoms with E-state index in [2.05, 4.69) is 10.6 Å². The number of halogens is 1. The average molecular weight is 430 g/mol. The number of ether oxygens (including phenoxy) is 1. The molecule has 2 N–H and O–H groups in total. The first-order chi connectivity index (χ1) is 15.4. The summed E-state index contributed by atoms with van der Waals surface area (Å²) in [4.78, 5) is 38.0. The highest BCUT2D eigenvalue weighted by Gasteiger charge is 2.29. The quantitative estimate of drug-likeness (QED) is 0.194. The van der Waals surface area contributed by atoms with Gasteiger partial charge in [0.15, 0.2) is 0 Å². The molecule has 3 aromatic rings. The highest BCUT2D eigenvalue weighted by atomic mass is 19.1. The molecule has 0 unspecified atom stereocenters. The second kappa shape index (κ2) is 8.85. The van der Waals surface area contributed by atoms with E-state index in [1.54, 1.807) is 24.3 Å². The molecular formula is C25H19FN2O4. The van der Waals surface area contributed by atoms with Gasteiger partial charge in [-0.2, -0.15) is 0 Å². The molecule has 1 aliphatic rings. The number of carbonyl (C=O) groups is 3. The average Bonchev–Trinajstić information content (AvgIpc) is 3.21. The molecule has 3 aromatic carbocycles. The maximum Gasteiger partial charge on any atom is 0.302 e. The van der Waals surface area contributed by atoms with Gasteiger partial charge in [-0.25, -0.2) is 4.39 Å². The van der Waals surface area contributed by atoms with Gasteiger partial charge >= 0.3 is 5.97 Å². The lowest BCUT2D eigenvalue weighted by Crippen LogP contribution is -2.21. The predicted molar refractivity (Wildman–Crippen MR) is 118 cm³/mol. The van der Waals surface area contributed by atoms with Gasteiger partial charge in [0.25, 0.3) is 0 Å². The third-order valence-corrected chi connectivity index (χ3v) is 4.87. The minimum absolute atomic E-state index is 0.00213. The van der Waals surface area contributed by atoms with Crippen molar-refractivity contribution in [2.75, 3.05) is 10.6 Å².